The van der Waals surface area contributed by atoms with E-state index in [0.717, 1.165) is 52.1 Å². The monoisotopic (exact) mass is 1170 g/mol. The molecule has 3 aromatic carbocycles. The number of fused-ring (bicyclic) bond motifs is 12. The second-order valence-electron chi connectivity index (χ2n) is 23.9. The molecule has 12 rings (SSSR count). The third-order valence-electron chi connectivity index (χ3n) is 19.6. The third-order valence-corrected chi connectivity index (χ3v) is 21.9. The first-order valence-corrected chi connectivity index (χ1v) is 32.2. The lowest BCUT2D eigenvalue weighted by Gasteiger charge is -2.62. The van der Waals surface area contributed by atoms with Gasteiger partial charge in [-0.2, -0.15) is 0 Å². The number of hydrogen-bond acceptors (Lipinski definition) is 17. The molecule has 11 atom stereocenters. The van der Waals surface area contributed by atoms with Gasteiger partial charge in [0.15, 0.2) is 11.9 Å². The molecular weight excluding hydrogens is 1100 g/mol. The standard InChI is InChI=1S/C65H76N2O14S2/c1-3-78-63(75)62-49(31-71)55-42-23-43(30-70)58(74)45(25-42)44-24-40-14-18-66-52(40)26-39(44)10-9-36(29-69)33-79-60-48-28-64(81-59(48)50(32-72)61(80-62)56(55)60)17-13-38(16-21-68)57-47-27-46-51(65(57,64)76)15-20-67(19-6-22-77-2)53(46)35-83-82-34-41-8-5-4-7-37(41)11-12-54(47)73/h4-5,7-8,13-14,17-18,24,26-27,31,36,38,43,45-46,51,53-54,57,66,68-70,72-73,76H,3,6,9-12,15-16,19-23,25,28-30,32-35H2,1-2H3/b55-42-/t36-,38+,43+,45+,46+,51+,53-,54+,57-,64+,65+/m1/s1. The van der Waals surface area contributed by atoms with E-state index >= 15 is 0 Å². The number of aromatic nitrogens is 1. The molecule has 0 unspecified atom stereocenters. The number of hydrogen-bond donors (Lipinski definition) is 7. The molecule has 83 heavy (non-hydrogen) atoms. The van der Waals surface area contributed by atoms with E-state index in [-0.39, 0.29) is 103 Å². The van der Waals surface area contributed by atoms with Gasteiger partial charge in [-0.25, -0.2) is 4.79 Å². The number of nitrogens with one attached hydrogen (secondary N) is 1. The van der Waals surface area contributed by atoms with Crippen LogP contribution < -0.4 is 14.2 Å². The molecule has 6 heterocycles. The number of methoxy groups -OCH3 is 1. The first-order chi connectivity index (χ1) is 40.4. The van der Waals surface area contributed by atoms with E-state index in [1.54, 1.807) is 14.0 Å². The Labute approximate surface area is 491 Å². The lowest BCUT2D eigenvalue weighted by Crippen LogP contribution is -2.73. The Morgan fingerprint density at radius 3 is 2.59 bits per heavy atom. The topological polar surface area (TPSA) is 238 Å². The predicted molar refractivity (Wildman–Crippen MR) is 316 cm³/mol. The molecule has 0 radical (unpaired) electrons. The summed E-state index contributed by atoms with van der Waals surface area (Å²) in [7, 11) is 5.34. The van der Waals surface area contributed by atoms with Crippen LogP contribution in [0.1, 0.15) is 96.7 Å². The molecule has 4 aromatic rings. The highest BCUT2D eigenvalue weighted by molar-refractivity contribution is 8.76. The maximum absolute atomic E-state index is 15.0. The normalized spacial score (nSPS) is 31.3. The van der Waals surface area contributed by atoms with E-state index in [1.165, 1.54) is 5.56 Å². The molecule has 0 amide bonds. The number of aldehydes is 1. The van der Waals surface area contributed by atoms with Crippen molar-refractivity contribution >= 4 is 56.1 Å². The maximum atomic E-state index is 15.0. The van der Waals surface area contributed by atoms with Gasteiger partial charge in [0, 0.05) is 110 Å². The van der Waals surface area contributed by atoms with E-state index in [2.05, 4.69) is 34.2 Å². The van der Waals surface area contributed by atoms with Gasteiger partial charge in [-0.15, -0.1) is 0 Å². The van der Waals surface area contributed by atoms with E-state index < -0.39 is 77.8 Å². The summed E-state index contributed by atoms with van der Waals surface area (Å²) in [4.78, 5) is 49.0. The number of ether oxygens (including phenoxy) is 5. The fraction of sp³-hybridized carbons (Fsp3) is 0.523. The summed E-state index contributed by atoms with van der Waals surface area (Å²) in [6.45, 7) is 1.92. The number of nitrogens with zero attached hydrogens (tertiary/aromatic N) is 1. The zero-order valence-electron chi connectivity index (χ0n) is 47.2. The Hall–Kier alpha value is -5.25. The highest BCUT2D eigenvalue weighted by Crippen LogP contribution is 2.65. The number of benzene rings is 3. The summed E-state index contributed by atoms with van der Waals surface area (Å²) >= 11 is 0. The minimum Gasteiger partial charge on any atom is -0.492 e. The van der Waals surface area contributed by atoms with Crippen molar-refractivity contribution in [3.63, 3.8) is 0 Å². The zero-order valence-corrected chi connectivity index (χ0v) is 48.8. The number of rotatable bonds is 12. The number of piperidine rings is 1. The molecule has 4 bridgehead atoms. The van der Waals surface area contributed by atoms with Crippen molar-refractivity contribution in [2.45, 2.75) is 113 Å². The molecular formula is C65H76N2O14S2. The number of aromatic amines is 1. The first-order valence-electron chi connectivity index (χ1n) is 29.7. The van der Waals surface area contributed by atoms with Gasteiger partial charge in [-0.05, 0) is 141 Å². The van der Waals surface area contributed by atoms with E-state index in [0.29, 0.717) is 74.7 Å². The van der Waals surface area contributed by atoms with Crippen LogP contribution in [-0.4, -0.2) is 148 Å². The van der Waals surface area contributed by atoms with Gasteiger partial charge in [0.2, 0.25) is 5.76 Å². The maximum Gasteiger partial charge on any atom is 0.375 e. The fourth-order valence-electron chi connectivity index (χ4n) is 15.6. The number of aliphatic hydroxyl groups is 6. The number of Topliss-reactive ketones (excluding diaryl/α,β-unsaturated/α-hetero) is 1. The molecule has 1 spiro atoms. The SMILES string of the molecule is CCOC(=O)C1=C(C=O)/C2=C3\C[C@@H](CO)C(=O)[C@@H](C3)c3cc4cc[nH]c4cc3CC[C@H](CO)COc3c4c(c(CO)c(c32)O1)O[C@@]1(C=C[C@@H](CCO)[C@@H]2C3=C[C@@H]5[C@@H](CSSCc6ccccc6CC[C@@H]3O)N(CCCOC)CC[C@@H]5[C@]21O)C4. The van der Waals surface area contributed by atoms with Crippen molar-refractivity contribution in [1.29, 1.82) is 0 Å². The summed E-state index contributed by atoms with van der Waals surface area (Å²) in [6.07, 6.45) is 11.2. The first kappa shape index (κ1) is 58.1. The molecule has 1 saturated carbocycles. The van der Waals surface area contributed by atoms with Crippen molar-refractivity contribution in [3.05, 3.63) is 128 Å². The number of esters is 1. The summed E-state index contributed by atoms with van der Waals surface area (Å²) in [5, 5.41) is 74.0. The number of aryl methyl sites for hydroxylation is 2. The number of allylic oxidation sites excluding steroid dienone is 4. The van der Waals surface area contributed by atoms with Crippen molar-refractivity contribution in [1.82, 2.24) is 9.88 Å². The second kappa shape index (κ2) is 24.3. The summed E-state index contributed by atoms with van der Waals surface area (Å²) in [5.74, 6) is -3.74. The average molecular weight is 1170 g/mol. The number of likely N-dealkylation sites (tertiary alicyclic amines) is 1. The van der Waals surface area contributed by atoms with Crippen molar-refractivity contribution in [3.8, 4) is 17.2 Å². The van der Waals surface area contributed by atoms with Gasteiger partial charge in [-0.3, -0.25) is 14.5 Å². The van der Waals surface area contributed by atoms with E-state index in [9.17, 15) is 45.0 Å². The highest BCUT2D eigenvalue weighted by Gasteiger charge is 2.70. The summed E-state index contributed by atoms with van der Waals surface area (Å²) in [6, 6.07) is 14.3. The van der Waals surface area contributed by atoms with E-state index in [4.69, 9.17) is 23.7 Å². The Kier molecular flexibility index (Phi) is 17.0. The van der Waals surface area contributed by atoms with Crippen LogP contribution in [0.2, 0.25) is 0 Å². The van der Waals surface area contributed by atoms with Crippen LogP contribution in [0.4, 0.5) is 0 Å². The smallest absolute Gasteiger partial charge is 0.375 e. The molecule has 3 aliphatic carbocycles. The number of carbonyl (C=O) groups excluding carboxylic acids is 3. The van der Waals surface area contributed by atoms with Crippen LogP contribution >= 0.6 is 21.6 Å². The van der Waals surface area contributed by atoms with Crippen LogP contribution in [0, 0.1) is 35.5 Å². The molecule has 1 aromatic heterocycles. The van der Waals surface area contributed by atoms with Crippen molar-refractivity contribution in [2.24, 2.45) is 35.5 Å². The molecule has 5 aliphatic heterocycles. The minimum absolute atomic E-state index is 0.0173. The molecule has 442 valence electrons. The molecule has 16 nitrogen and oxygen atoms in total. The molecule has 7 N–H and O–H groups in total. The van der Waals surface area contributed by atoms with Crippen LogP contribution in [0.5, 0.6) is 17.2 Å². The van der Waals surface area contributed by atoms with E-state index in [1.807, 2.05) is 64.2 Å². The highest BCUT2D eigenvalue weighted by atomic mass is 33.1. The largest absolute Gasteiger partial charge is 0.492 e. The minimum atomic E-state index is -1.79. The van der Waals surface area contributed by atoms with Crippen molar-refractivity contribution < 1.29 is 68.7 Å². The summed E-state index contributed by atoms with van der Waals surface area (Å²) < 4.78 is 32.6. The quantitative estimate of drug-likeness (QED) is 0.0243. The Morgan fingerprint density at radius 2 is 1.82 bits per heavy atom. The molecule has 2 fully saturated rings. The Morgan fingerprint density at radius 1 is 0.988 bits per heavy atom. The Bertz CT molecular complexity index is 3300. The molecule has 1 saturated heterocycles. The predicted octanol–water partition coefficient (Wildman–Crippen LogP) is 7.27. The van der Waals surface area contributed by atoms with Crippen LogP contribution in [0.3, 0.4) is 0 Å². The van der Waals surface area contributed by atoms with Crippen LogP contribution in [0.25, 0.3) is 16.5 Å². The van der Waals surface area contributed by atoms with Gasteiger partial charge in [0.05, 0.1) is 49.2 Å². The van der Waals surface area contributed by atoms with Crippen molar-refractivity contribution in [2.75, 3.05) is 65.6 Å². The number of H-pyrrole nitrogens is 1. The van der Waals surface area contributed by atoms with Gasteiger partial charge in [0.1, 0.15) is 28.6 Å². The lowest BCUT2D eigenvalue weighted by molar-refractivity contribution is -0.207. The number of ketones is 1. The van der Waals surface area contributed by atoms with Gasteiger partial charge < -0.3 is 59.3 Å². The average Bonchev–Trinajstić information content (AvgIpc) is 1.94. The second-order valence-corrected chi connectivity index (χ2v) is 26.4. The Balaban J connectivity index is 1.08. The van der Waals surface area contributed by atoms with Gasteiger partial charge >= 0.3 is 5.97 Å². The van der Waals surface area contributed by atoms with Crippen LogP contribution in [-0.2, 0) is 55.5 Å². The van der Waals surface area contributed by atoms with Gasteiger partial charge in [0.25, 0.3) is 0 Å². The zero-order chi connectivity index (χ0) is 57.7. The third kappa shape index (κ3) is 10.0. The van der Waals surface area contributed by atoms with Gasteiger partial charge in [-0.1, -0.05) is 63.6 Å². The fourth-order valence-corrected chi connectivity index (χ4v) is 18.1. The lowest BCUT2D eigenvalue weighted by atomic mass is 9.48. The number of carbonyl (C=O) groups is 3. The molecule has 8 aliphatic rings. The van der Waals surface area contributed by atoms with Crippen LogP contribution in [0.15, 0.2) is 89.4 Å². The number of aliphatic hydroxyl groups excluding tert-OH is 5. The molecule has 18 heteroatoms. The summed E-state index contributed by atoms with van der Waals surface area (Å²) in [5.41, 5.74) is 3.70.